The molecule has 1 saturated heterocycles. The quantitative estimate of drug-likeness (QED) is 0.865. The maximum absolute atomic E-state index is 13.4. The van der Waals surface area contributed by atoms with Gasteiger partial charge in [-0.25, -0.2) is 4.98 Å². The maximum Gasteiger partial charge on any atom is 0.308 e. The second-order valence-corrected chi connectivity index (χ2v) is 9.55. The Kier molecular flexibility index (Phi) is 4.43. The van der Waals surface area contributed by atoms with Gasteiger partial charge in [-0.3, -0.25) is 9.59 Å². The first-order chi connectivity index (χ1) is 13.1. The summed E-state index contributed by atoms with van der Waals surface area (Å²) in [7, 11) is 0. The number of fused-ring (bicyclic) bond motifs is 1. The van der Waals surface area contributed by atoms with Crippen LogP contribution in [-0.2, 0) is 11.2 Å². The van der Waals surface area contributed by atoms with Crippen molar-refractivity contribution in [3.05, 3.63) is 23.0 Å². The summed E-state index contributed by atoms with van der Waals surface area (Å²) in [5, 5.41) is 14.3. The zero-order valence-electron chi connectivity index (χ0n) is 16.9. The summed E-state index contributed by atoms with van der Waals surface area (Å²) in [5.74, 6) is -1.22. The van der Waals surface area contributed by atoms with Gasteiger partial charge in [-0.1, -0.05) is 32.9 Å². The van der Waals surface area contributed by atoms with Gasteiger partial charge < -0.3 is 14.5 Å². The van der Waals surface area contributed by atoms with Crippen LogP contribution in [0.2, 0.25) is 0 Å². The molecule has 2 fully saturated rings. The summed E-state index contributed by atoms with van der Waals surface area (Å²) in [4.78, 5) is 31.2. The van der Waals surface area contributed by atoms with Crippen molar-refractivity contribution in [1.29, 1.82) is 0 Å². The minimum atomic E-state index is -0.847. The molecule has 1 aliphatic heterocycles. The number of carboxylic acid groups (broad SMARTS) is 1. The Balaban J connectivity index is 1.76. The third kappa shape index (κ3) is 3.50. The van der Waals surface area contributed by atoms with Crippen LogP contribution in [0.3, 0.4) is 0 Å². The zero-order valence-corrected chi connectivity index (χ0v) is 16.9. The number of hydrogen-bond acceptors (Lipinski definition) is 5. The molecule has 7 nitrogen and oxygen atoms in total. The number of likely N-dealkylation sites (tertiary alicyclic amines) is 1. The average molecular weight is 385 g/mol. The van der Waals surface area contributed by atoms with E-state index in [0.717, 1.165) is 24.2 Å². The Morgan fingerprint density at radius 1 is 1.29 bits per heavy atom. The lowest BCUT2D eigenvalue weighted by molar-refractivity contribution is -0.142. The molecule has 0 aromatic carbocycles. The monoisotopic (exact) mass is 385 g/mol. The van der Waals surface area contributed by atoms with E-state index in [1.54, 1.807) is 4.90 Å². The van der Waals surface area contributed by atoms with Crippen LogP contribution in [-0.4, -0.2) is 45.1 Å². The highest BCUT2D eigenvalue weighted by atomic mass is 16.5. The van der Waals surface area contributed by atoms with Gasteiger partial charge in [0.25, 0.3) is 11.6 Å². The standard InChI is InChI=1S/C21H27N3O4/c1-11-9-24(10-14(11)20(26)27)19(25)13-7-15(12-5-6-12)22-18-17(13)16(23-28-18)8-21(2,3)4/h7,11-12,14H,5-6,8-10H2,1-4H3,(H,26,27)/t11-,14-/m1/s1. The highest BCUT2D eigenvalue weighted by Crippen LogP contribution is 2.41. The summed E-state index contributed by atoms with van der Waals surface area (Å²) in [5.41, 5.74) is 2.55. The van der Waals surface area contributed by atoms with Crippen LogP contribution in [0.15, 0.2) is 10.6 Å². The predicted octanol–water partition coefficient (Wildman–Crippen LogP) is 3.48. The van der Waals surface area contributed by atoms with Gasteiger partial charge in [0.05, 0.1) is 22.6 Å². The van der Waals surface area contributed by atoms with Crippen molar-refractivity contribution >= 4 is 23.0 Å². The second-order valence-electron chi connectivity index (χ2n) is 9.55. The number of rotatable bonds is 4. The van der Waals surface area contributed by atoms with E-state index in [0.29, 0.717) is 35.5 Å². The van der Waals surface area contributed by atoms with E-state index in [1.165, 1.54) is 0 Å². The zero-order chi connectivity index (χ0) is 20.2. The molecule has 0 spiro atoms. The van der Waals surface area contributed by atoms with E-state index < -0.39 is 11.9 Å². The number of aromatic nitrogens is 2. The Labute approximate surface area is 164 Å². The van der Waals surface area contributed by atoms with Crippen molar-refractivity contribution in [3.8, 4) is 0 Å². The van der Waals surface area contributed by atoms with E-state index in [-0.39, 0.29) is 23.8 Å². The van der Waals surface area contributed by atoms with Crippen LogP contribution >= 0.6 is 0 Å². The molecule has 2 aromatic heterocycles. The highest BCUT2D eigenvalue weighted by Gasteiger charge is 2.39. The first kappa shape index (κ1) is 18.9. The minimum Gasteiger partial charge on any atom is -0.481 e. The summed E-state index contributed by atoms with van der Waals surface area (Å²) < 4.78 is 5.52. The Morgan fingerprint density at radius 3 is 2.57 bits per heavy atom. The number of pyridine rings is 1. The summed E-state index contributed by atoms with van der Waals surface area (Å²) >= 11 is 0. The smallest absolute Gasteiger partial charge is 0.308 e. The topological polar surface area (TPSA) is 96.5 Å². The average Bonchev–Trinajstić information content (AvgIpc) is 3.28. The first-order valence-electron chi connectivity index (χ1n) is 9.95. The molecule has 2 atom stereocenters. The number of carboxylic acids is 1. The molecule has 0 unspecified atom stereocenters. The van der Waals surface area contributed by atoms with Gasteiger partial charge in [-0.05, 0) is 36.7 Å². The maximum atomic E-state index is 13.4. The van der Waals surface area contributed by atoms with Gasteiger partial charge in [0.2, 0.25) is 0 Å². The SMILES string of the molecule is C[C@@H]1CN(C(=O)c2cc(C3CC3)nc3onc(CC(C)(C)C)c23)C[C@H]1C(=O)O. The number of aliphatic carboxylic acids is 1. The van der Waals surface area contributed by atoms with Crippen LogP contribution in [0.25, 0.3) is 11.1 Å². The van der Waals surface area contributed by atoms with E-state index in [2.05, 4.69) is 30.9 Å². The molecule has 1 N–H and O–H groups in total. The Hall–Kier alpha value is -2.44. The van der Waals surface area contributed by atoms with E-state index in [1.807, 2.05) is 13.0 Å². The molecular weight excluding hydrogens is 358 g/mol. The van der Waals surface area contributed by atoms with Crippen LogP contribution in [0.5, 0.6) is 0 Å². The van der Waals surface area contributed by atoms with Crippen LogP contribution in [0.1, 0.15) is 68.2 Å². The number of amides is 1. The van der Waals surface area contributed by atoms with E-state index >= 15 is 0 Å². The molecule has 1 amide bonds. The van der Waals surface area contributed by atoms with E-state index in [4.69, 9.17) is 4.52 Å². The Bertz CT molecular complexity index is 939. The highest BCUT2D eigenvalue weighted by molar-refractivity contribution is 6.06. The van der Waals surface area contributed by atoms with Crippen molar-refractivity contribution in [2.24, 2.45) is 17.3 Å². The lowest BCUT2D eigenvalue weighted by atomic mass is 9.89. The molecule has 150 valence electrons. The van der Waals surface area contributed by atoms with Crippen LogP contribution in [0.4, 0.5) is 0 Å². The van der Waals surface area contributed by atoms with Crippen LogP contribution in [0, 0.1) is 17.3 Å². The molecule has 1 saturated carbocycles. The predicted molar refractivity (Wildman–Crippen MR) is 103 cm³/mol. The largest absolute Gasteiger partial charge is 0.481 e. The molecule has 1 aliphatic carbocycles. The third-order valence-corrected chi connectivity index (χ3v) is 5.68. The summed E-state index contributed by atoms with van der Waals surface area (Å²) in [6, 6.07) is 1.88. The summed E-state index contributed by atoms with van der Waals surface area (Å²) in [6.07, 6.45) is 2.80. The van der Waals surface area contributed by atoms with Gasteiger partial charge in [0.15, 0.2) is 0 Å². The number of hydrogen-bond donors (Lipinski definition) is 1. The lowest BCUT2D eigenvalue weighted by Crippen LogP contribution is -2.30. The number of carbonyl (C=O) groups is 2. The molecule has 0 bridgehead atoms. The van der Waals surface area contributed by atoms with E-state index in [9.17, 15) is 14.7 Å². The fourth-order valence-electron chi connectivity index (χ4n) is 4.03. The summed E-state index contributed by atoms with van der Waals surface area (Å²) in [6.45, 7) is 8.89. The molecule has 2 aliphatic rings. The van der Waals surface area contributed by atoms with Crippen molar-refractivity contribution in [2.75, 3.05) is 13.1 Å². The fourth-order valence-corrected chi connectivity index (χ4v) is 4.03. The molecule has 28 heavy (non-hydrogen) atoms. The van der Waals surface area contributed by atoms with Crippen molar-refractivity contribution in [2.45, 2.75) is 52.9 Å². The van der Waals surface area contributed by atoms with Crippen molar-refractivity contribution in [3.63, 3.8) is 0 Å². The molecule has 4 rings (SSSR count). The molecule has 2 aromatic rings. The molecular formula is C21H27N3O4. The van der Waals surface area contributed by atoms with Crippen molar-refractivity contribution in [1.82, 2.24) is 15.0 Å². The minimum absolute atomic E-state index is 0.0180. The first-order valence-corrected chi connectivity index (χ1v) is 9.95. The van der Waals surface area contributed by atoms with Crippen molar-refractivity contribution < 1.29 is 19.2 Å². The fraction of sp³-hybridized carbons (Fsp3) is 0.619. The Morgan fingerprint density at radius 2 is 2.00 bits per heavy atom. The number of carbonyl (C=O) groups excluding carboxylic acids is 1. The third-order valence-electron chi connectivity index (χ3n) is 5.68. The van der Waals surface area contributed by atoms with Gasteiger partial charge in [-0.15, -0.1) is 0 Å². The molecule has 3 heterocycles. The molecule has 7 heteroatoms. The number of nitrogens with zero attached hydrogens (tertiary/aromatic N) is 3. The normalized spacial score (nSPS) is 22.8. The molecule has 0 radical (unpaired) electrons. The van der Waals surface area contributed by atoms with Crippen LogP contribution < -0.4 is 0 Å². The second kappa shape index (κ2) is 6.57. The van der Waals surface area contributed by atoms with Gasteiger partial charge >= 0.3 is 5.97 Å². The van der Waals surface area contributed by atoms with Gasteiger partial charge in [0.1, 0.15) is 0 Å². The van der Waals surface area contributed by atoms with Gasteiger partial charge in [-0.2, -0.15) is 0 Å². The lowest BCUT2D eigenvalue weighted by Gasteiger charge is -2.19. The van der Waals surface area contributed by atoms with Gasteiger partial charge in [0, 0.05) is 24.7 Å².